The molecule has 1 amide bonds. The third-order valence-electron chi connectivity index (χ3n) is 1.83. The molecule has 0 fully saturated rings. The zero-order valence-electron chi connectivity index (χ0n) is 7.21. The van der Waals surface area contributed by atoms with E-state index in [0.717, 1.165) is 5.52 Å². The lowest BCUT2D eigenvalue weighted by Crippen LogP contribution is -2.10. The topological polar surface area (TPSA) is 47.5 Å². The number of amides is 1. The van der Waals surface area contributed by atoms with Gasteiger partial charge in [0.2, 0.25) is 0 Å². The van der Waals surface area contributed by atoms with Crippen molar-refractivity contribution in [3.05, 3.63) is 42.2 Å². The van der Waals surface area contributed by atoms with Gasteiger partial charge in [0.25, 0.3) is 5.91 Å². The number of aromatic nitrogens is 1. The van der Waals surface area contributed by atoms with E-state index < -0.39 is 0 Å². The number of nitrogens with two attached hydrogens (primary N) is 1. The Labute approximate surface area is 93.7 Å². The molecule has 5 heteroatoms. The van der Waals surface area contributed by atoms with Gasteiger partial charge in [0.1, 0.15) is 0 Å². The van der Waals surface area contributed by atoms with E-state index in [1.54, 1.807) is 6.07 Å². The number of carbonyl (C=O) groups is 1. The van der Waals surface area contributed by atoms with Crippen LogP contribution in [0.25, 0.3) is 5.52 Å². The fourth-order valence-corrected chi connectivity index (χ4v) is 1.26. The van der Waals surface area contributed by atoms with E-state index in [-0.39, 0.29) is 30.7 Å². The minimum Gasteiger partial charge on any atom is -0.366 e. The monoisotopic (exact) mass is 232 g/mol. The number of hydrogen-bond donors (Lipinski definition) is 1. The molecule has 0 aliphatic heterocycles. The summed E-state index contributed by atoms with van der Waals surface area (Å²) in [5.74, 6) is -0.385. The van der Waals surface area contributed by atoms with Crippen molar-refractivity contribution in [1.29, 1.82) is 0 Å². The van der Waals surface area contributed by atoms with Gasteiger partial charge in [0.05, 0.1) is 11.1 Å². The minimum atomic E-state index is -0.385. The van der Waals surface area contributed by atoms with Crippen LogP contribution in [0.4, 0.5) is 0 Å². The standard InChI is InChI=1S/C9H8N2O.2ClH/c10-9(12)7-4-6-11-5-2-1-3-8(7)11;;/h1-6H,(H2,10,12);2*1H. The highest BCUT2D eigenvalue weighted by Crippen LogP contribution is 2.10. The highest BCUT2D eigenvalue weighted by atomic mass is 35.5. The maximum atomic E-state index is 10.9. The van der Waals surface area contributed by atoms with Crippen LogP contribution < -0.4 is 5.73 Å². The third-order valence-corrected chi connectivity index (χ3v) is 1.83. The van der Waals surface area contributed by atoms with Crippen LogP contribution in [0.1, 0.15) is 10.4 Å². The average molecular weight is 233 g/mol. The van der Waals surface area contributed by atoms with E-state index in [9.17, 15) is 4.79 Å². The Morgan fingerprint density at radius 3 is 2.50 bits per heavy atom. The van der Waals surface area contributed by atoms with Crippen LogP contribution in [-0.4, -0.2) is 10.3 Å². The van der Waals surface area contributed by atoms with Crippen molar-refractivity contribution in [2.75, 3.05) is 0 Å². The van der Waals surface area contributed by atoms with Gasteiger partial charge in [-0.3, -0.25) is 4.79 Å². The molecule has 2 N–H and O–H groups in total. The molecule has 0 aromatic carbocycles. The first-order valence-corrected chi connectivity index (χ1v) is 3.64. The van der Waals surface area contributed by atoms with Crippen molar-refractivity contribution in [3.8, 4) is 0 Å². The predicted molar refractivity (Wildman–Crippen MR) is 60.4 cm³/mol. The highest BCUT2D eigenvalue weighted by Gasteiger charge is 2.05. The molecule has 0 bridgehead atoms. The van der Waals surface area contributed by atoms with E-state index in [1.807, 2.05) is 35.0 Å². The second-order valence-corrected chi connectivity index (χ2v) is 2.59. The number of rotatable bonds is 1. The summed E-state index contributed by atoms with van der Waals surface area (Å²) in [6.07, 6.45) is 3.69. The second-order valence-electron chi connectivity index (χ2n) is 2.59. The molecule has 0 saturated heterocycles. The van der Waals surface area contributed by atoms with Gasteiger partial charge >= 0.3 is 0 Å². The highest BCUT2D eigenvalue weighted by molar-refractivity contribution is 5.99. The van der Waals surface area contributed by atoms with Crippen LogP contribution in [-0.2, 0) is 0 Å². The molecule has 2 aromatic rings. The largest absolute Gasteiger partial charge is 0.366 e. The summed E-state index contributed by atoms with van der Waals surface area (Å²) in [5.41, 5.74) is 6.59. The summed E-state index contributed by atoms with van der Waals surface area (Å²) in [6, 6.07) is 7.36. The molecular weight excluding hydrogens is 223 g/mol. The molecule has 3 nitrogen and oxygen atoms in total. The fourth-order valence-electron chi connectivity index (χ4n) is 1.26. The van der Waals surface area contributed by atoms with Gasteiger partial charge in [-0.25, -0.2) is 0 Å². The maximum Gasteiger partial charge on any atom is 0.250 e. The minimum absolute atomic E-state index is 0. The van der Waals surface area contributed by atoms with Gasteiger partial charge in [0.15, 0.2) is 0 Å². The van der Waals surface area contributed by atoms with Crippen LogP contribution in [0.15, 0.2) is 36.7 Å². The van der Waals surface area contributed by atoms with Crippen molar-refractivity contribution in [3.63, 3.8) is 0 Å². The van der Waals surface area contributed by atoms with Crippen molar-refractivity contribution in [2.24, 2.45) is 5.73 Å². The van der Waals surface area contributed by atoms with Crippen LogP contribution in [0.5, 0.6) is 0 Å². The SMILES string of the molecule is Cl.Cl.NC(=O)c1ccn2ccccc12. The Kier molecular flexibility index (Phi) is 4.47. The van der Waals surface area contributed by atoms with Gasteiger partial charge in [-0.15, -0.1) is 24.8 Å². The van der Waals surface area contributed by atoms with E-state index in [2.05, 4.69) is 0 Å². The predicted octanol–water partition coefficient (Wildman–Crippen LogP) is 1.88. The Morgan fingerprint density at radius 2 is 1.86 bits per heavy atom. The molecular formula is C9H10Cl2N2O. The van der Waals surface area contributed by atoms with Gasteiger partial charge in [-0.05, 0) is 18.2 Å². The van der Waals surface area contributed by atoms with Crippen molar-refractivity contribution < 1.29 is 4.79 Å². The molecule has 0 radical (unpaired) electrons. The summed E-state index contributed by atoms with van der Waals surface area (Å²) in [6.45, 7) is 0. The van der Waals surface area contributed by atoms with Crippen LogP contribution >= 0.6 is 24.8 Å². The van der Waals surface area contributed by atoms with E-state index in [1.165, 1.54) is 0 Å². The zero-order chi connectivity index (χ0) is 8.55. The van der Waals surface area contributed by atoms with Crippen LogP contribution in [0.2, 0.25) is 0 Å². The van der Waals surface area contributed by atoms with Crippen LogP contribution in [0.3, 0.4) is 0 Å². The number of nitrogens with zero attached hydrogens (tertiary/aromatic N) is 1. The quantitative estimate of drug-likeness (QED) is 0.803. The van der Waals surface area contributed by atoms with Crippen molar-refractivity contribution in [1.82, 2.24) is 4.40 Å². The third kappa shape index (κ3) is 2.00. The summed E-state index contributed by atoms with van der Waals surface area (Å²) in [5, 5.41) is 0. The summed E-state index contributed by atoms with van der Waals surface area (Å²) < 4.78 is 1.86. The van der Waals surface area contributed by atoms with Gasteiger partial charge in [0, 0.05) is 12.4 Å². The number of carbonyl (C=O) groups excluding carboxylic acids is 1. The van der Waals surface area contributed by atoms with E-state index >= 15 is 0 Å². The van der Waals surface area contributed by atoms with E-state index in [4.69, 9.17) is 5.73 Å². The van der Waals surface area contributed by atoms with Crippen molar-refractivity contribution in [2.45, 2.75) is 0 Å². The first-order chi connectivity index (χ1) is 5.79. The number of halogens is 2. The summed E-state index contributed by atoms with van der Waals surface area (Å²) in [7, 11) is 0. The molecule has 0 saturated carbocycles. The molecule has 0 atom stereocenters. The average Bonchev–Trinajstić information content (AvgIpc) is 2.47. The normalized spacial score (nSPS) is 8.86. The van der Waals surface area contributed by atoms with Gasteiger partial charge in [-0.2, -0.15) is 0 Å². The van der Waals surface area contributed by atoms with Gasteiger partial charge in [-0.1, -0.05) is 6.07 Å². The summed E-state index contributed by atoms with van der Waals surface area (Å²) >= 11 is 0. The van der Waals surface area contributed by atoms with Crippen LogP contribution in [0, 0.1) is 0 Å². The smallest absolute Gasteiger partial charge is 0.250 e. The molecule has 0 spiro atoms. The molecule has 2 heterocycles. The summed E-state index contributed by atoms with van der Waals surface area (Å²) in [4.78, 5) is 10.9. The molecule has 76 valence electrons. The number of pyridine rings is 1. The zero-order valence-corrected chi connectivity index (χ0v) is 8.85. The molecule has 0 aliphatic rings. The first kappa shape index (κ1) is 12.8. The Hall–Kier alpha value is -1.19. The second kappa shape index (κ2) is 4.88. The number of hydrogen-bond acceptors (Lipinski definition) is 1. The molecule has 0 aliphatic carbocycles. The molecule has 2 aromatic heterocycles. The Morgan fingerprint density at radius 1 is 1.14 bits per heavy atom. The maximum absolute atomic E-state index is 10.9. The molecule has 0 unspecified atom stereocenters. The number of fused-ring (bicyclic) bond motifs is 1. The molecule has 2 rings (SSSR count). The lowest BCUT2D eigenvalue weighted by molar-refractivity contribution is 0.100. The fraction of sp³-hybridized carbons (Fsp3) is 0. The molecule has 14 heavy (non-hydrogen) atoms. The first-order valence-electron chi connectivity index (χ1n) is 3.64. The Bertz CT molecular complexity index is 439. The number of primary amides is 1. The van der Waals surface area contributed by atoms with Crippen molar-refractivity contribution >= 4 is 36.2 Å². The Balaban J connectivity index is 0.000000845. The lowest BCUT2D eigenvalue weighted by atomic mass is 10.2. The van der Waals surface area contributed by atoms with E-state index in [0.29, 0.717) is 5.56 Å². The van der Waals surface area contributed by atoms with Gasteiger partial charge < -0.3 is 10.1 Å². The lowest BCUT2D eigenvalue weighted by Gasteiger charge is -1.93.